The topological polar surface area (TPSA) is 81.3 Å². The van der Waals surface area contributed by atoms with E-state index in [4.69, 9.17) is 9.47 Å². The maximum atomic E-state index is 12.3. The lowest BCUT2D eigenvalue weighted by molar-refractivity contribution is -0.116. The van der Waals surface area contributed by atoms with E-state index >= 15 is 0 Å². The van der Waals surface area contributed by atoms with E-state index in [-0.39, 0.29) is 18.0 Å². The minimum atomic E-state index is -0.438. The molecule has 0 aliphatic heterocycles. The van der Waals surface area contributed by atoms with Crippen molar-refractivity contribution >= 4 is 34.5 Å². The van der Waals surface area contributed by atoms with Crippen LogP contribution >= 0.6 is 11.8 Å². The number of Topliss-reactive ketones (excluding diaryl/α,β-unsaturated/α-hetero) is 1. The molecule has 0 atom stereocenters. The smallest absolute Gasteiger partial charge is 0.338 e. The van der Waals surface area contributed by atoms with Gasteiger partial charge in [0.2, 0.25) is 0 Å². The average Bonchev–Trinajstić information content (AvgIpc) is 3.08. The summed E-state index contributed by atoms with van der Waals surface area (Å²) < 4.78 is 9.95. The SMILES string of the molecule is COC(=O)c1ccccc1CC(=O)CSc1nc2ccc(OC)cc2[nH]1. The molecule has 0 saturated carbocycles. The number of hydrogen-bond donors (Lipinski definition) is 1. The third-order valence-electron chi connectivity index (χ3n) is 3.85. The van der Waals surface area contributed by atoms with Crippen molar-refractivity contribution in [1.82, 2.24) is 9.97 Å². The number of aromatic nitrogens is 2. The van der Waals surface area contributed by atoms with Crippen molar-refractivity contribution in [1.29, 1.82) is 0 Å². The van der Waals surface area contributed by atoms with Gasteiger partial charge in [0.05, 0.1) is 36.6 Å². The van der Waals surface area contributed by atoms with Crippen LogP contribution in [0.5, 0.6) is 5.75 Å². The van der Waals surface area contributed by atoms with Gasteiger partial charge in [0.15, 0.2) is 5.16 Å². The van der Waals surface area contributed by atoms with Crippen LogP contribution in [-0.2, 0) is 16.0 Å². The molecule has 26 heavy (non-hydrogen) atoms. The summed E-state index contributed by atoms with van der Waals surface area (Å²) in [6, 6.07) is 12.5. The molecule has 0 saturated heterocycles. The van der Waals surface area contributed by atoms with Crippen LogP contribution in [0.15, 0.2) is 47.6 Å². The van der Waals surface area contributed by atoms with Gasteiger partial charge in [-0.25, -0.2) is 9.78 Å². The maximum Gasteiger partial charge on any atom is 0.338 e. The number of thioether (sulfide) groups is 1. The van der Waals surface area contributed by atoms with Gasteiger partial charge in [-0.05, 0) is 23.8 Å². The van der Waals surface area contributed by atoms with E-state index in [1.54, 1.807) is 31.4 Å². The molecule has 0 spiro atoms. The van der Waals surface area contributed by atoms with Crippen LogP contribution in [-0.4, -0.2) is 41.7 Å². The zero-order chi connectivity index (χ0) is 18.5. The molecule has 0 unspecified atom stereocenters. The number of benzene rings is 2. The number of esters is 1. The quantitative estimate of drug-likeness (QED) is 0.508. The lowest BCUT2D eigenvalue weighted by atomic mass is 10.0. The van der Waals surface area contributed by atoms with Gasteiger partial charge in [0.25, 0.3) is 0 Å². The Kier molecular flexibility index (Phi) is 5.58. The molecule has 2 aromatic carbocycles. The Hall–Kier alpha value is -2.80. The minimum absolute atomic E-state index is 0.00406. The summed E-state index contributed by atoms with van der Waals surface area (Å²) in [4.78, 5) is 31.7. The molecule has 0 fully saturated rings. The van der Waals surface area contributed by atoms with Crippen molar-refractivity contribution in [2.45, 2.75) is 11.6 Å². The fraction of sp³-hybridized carbons (Fsp3) is 0.211. The Bertz CT molecular complexity index is 952. The second-order valence-corrected chi connectivity index (χ2v) is 6.54. The molecule has 6 nitrogen and oxygen atoms in total. The molecule has 0 bridgehead atoms. The molecule has 0 radical (unpaired) electrons. The van der Waals surface area contributed by atoms with Gasteiger partial charge >= 0.3 is 5.97 Å². The number of nitrogens with one attached hydrogen (secondary N) is 1. The molecule has 0 aliphatic rings. The predicted octanol–water partition coefficient (Wildman–Crippen LogP) is 3.26. The molecule has 1 heterocycles. The van der Waals surface area contributed by atoms with Crippen molar-refractivity contribution in [3.8, 4) is 5.75 Å². The number of rotatable bonds is 7. The highest BCUT2D eigenvalue weighted by atomic mass is 32.2. The number of H-pyrrole nitrogens is 1. The number of imidazole rings is 1. The van der Waals surface area contributed by atoms with Crippen molar-refractivity contribution in [2.24, 2.45) is 0 Å². The van der Waals surface area contributed by atoms with E-state index < -0.39 is 5.97 Å². The standard InChI is InChI=1S/C19H18N2O4S/c1-24-14-7-8-16-17(10-14)21-19(20-16)26-11-13(22)9-12-5-3-4-6-15(12)18(23)25-2/h3-8,10H,9,11H2,1-2H3,(H,20,21). The normalized spacial score (nSPS) is 10.7. The van der Waals surface area contributed by atoms with Crippen molar-refractivity contribution in [3.05, 3.63) is 53.6 Å². The molecule has 7 heteroatoms. The fourth-order valence-corrected chi connectivity index (χ4v) is 3.30. The Morgan fingerprint density at radius 2 is 1.96 bits per heavy atom. The first kappa shape index (κ1) is 18.0. The Labute approximate surface area is 154 Å². The third-order valence-corrected chi connectivity index (χ3v) is 4.78. The Morgan fingerprint density at radius 1 is 1.15 bits per heavy atom. The maximum absolute atomic E-state index is 12.3. The van der Waals surface area contributed by atoms with Crippen LogP contribution < -0.4 is 4.74 Å². The van der Waals surface area contributed by atoms with Crippen LogP contribution in [0.25, 0.3) is 11.0 Å². The largest absolute Gasteiger partial charge is 0.497 e. The molecular formula is C19H18N2O4S. The second-order valence-electron chi connectivity index (χ2n) is 5.58. The van der Waals surface area contributed by atoms with Gasteiger partial charge in [-0.2, -0.15) is 0 Å². The van der Waals surface area contributed by atoms with Crippen molar-refractivity contribution in [2.75, 3.05) is 20.0 Å². The van der Waals surface area contributed by atoms with Gasteiger partial charge < -0.3 is 14.5 Å². The number of nitrogens with zero attached hydrogens (tertiary/aromatic N) is 1. The average molecular weight is 370 g/mol. The highest BCUT2D eigenvalue weighted by Crippen LogP contribution is 2.23. The number of carbonyl (C=O) groups is 2. The zero-order valence-electron chi connectivity index (χ0n) is 14.4. The first-order chi connectivity index (χ1) is 12.6. The first-order valence-corrected chi connectivity index (χ1v) is 8.93. The molecular weight excluding hydrogens is 352 g/mol. The van der Waals surface area contributed by atoms with E-state index in [9.17, 15) is 9.59 Å². The third kappa shape index (κ3) is 4.05. The van der Waals surface area contributed by atoms with Gasteiger partial charge in [0.1, 0.15) is 11.5 Å². The summed E-state index contributed by atoms with van der Waals surface area (Å²) in [7, 11) is 2.94. The fourth-order valence-electron chi connectivity index (χ4n) is 2.56. The van der Waals surface area contributed by atoms with E-state index in [1.807, 2.05) is 18.2 Å². The molecule has 3 rings (SSSR count). The highest BCUT2D eigenvalue weighted by molar-refractivity contribution is 7.99. The number of fused-ring (bicyclic) bond motifs is 1. The summed E-state index contributed by atoms with van der Waals surface area (Å²) >= 11 is 1.33. The van der Waals surface area contributed by atoms with Crippen molar-refractivity contribution in [3.63, 3.8) is 0 Å². The molecule has 1 N–H and O–H groups in total. The Morgan fingerprint density at radius 3 is 2.73 bits per heavy atom. The zero-order valence-corrected chi connectivity index (χ0v) is 15.3. The minimum Gasteiger partial charge on any atom is -0.497 e. The molecule has 0 amide bonds. The summed E-state index contributed by atoms with van der Waals surface area (Å²) in [6.07, 6.45) is 0.173. The van der Waals surface area contributed by atoms with Gasteiger partial charge in [0, 0.05) is 12.5 Å². The van der Waals surface area contributed by atoms with E-state index in [2.05, 4.69) is 9.97 Å². The van der Waals surface area contributed by atoms with E-state index in [0.29, 0.717) is 16.3 Å². The highest BCUT2D eigenvalue weighted by Gasteiger charge is 2.15. The summed E-state index contributed by atoms with van der Waals surface area (Å²) in [5, 5.41) is 0.669. The van der Waals surface area contributed by atoms with Crippen LogP contribution in [0.2, 0.25) is 0 Å². The Balaban J connectivity index is 1.65. The van der Waals surface area contributed by atoms with Crippen LogP contribution in [0.4, 0.5) is 0 Å². The number of carbonyl (C=O) groups excluding carboxylic acids is 2. The monoisotopic (exact) mass is 370 g/mol. The first-order valence-electron chi connectivity index (χ1n) is 7.95. The lowest BCUT2D eigenvalue weighted by Crippen LogP contribution is -2.11. The van der Waals surface area contributed by atoms with Gasteiger partial charge in [-0.1, -0.05) is 30.0 Å². The molecule has 1 aromatic heterocycles. The number of hydrogen-bond acceptors (Lipinski definition) is 6. The summed E-state index contributed by atoms with van der Waals surface area (Å²) in [5.41, 5.74) is 2.76. The molecule has 134 valence electrons. The van der Waals surface area contributed by atoms with E-state index in [0.717, 1.165) is 16.8 Å². The van der Waals surface area contributed by atoms with Crippen LogP contribution in [0, 0.1) is 0 Å². The second kappa shape index (κ2) is 8.05. The summed E-state index contributed by atoms with van der Waals surface area (Å²) in [6.45, 7) is 0. The number of ketones is 1. The van der Waals surface area contributed by atoms with E-state index in [1.165, 1.54) is 18.9 Å². The predicted molar refractivity (Wildman–Crippen MR) is 99.9 cm³/mol. The van der Waals surface area contributed by atoms with Gasteiger partial charge in [-0.3, -0.25) is 4.79 Å². The summed E-state index contributed by atoms with van der Waals surface area (Å²) in [5.74, 6) is 0.566. The van der Waals surface area contributed by atoms with Gasteiger partial charge in [-0.15, -0.1) is 0 Å². The molecule has 3 aromatic rings. The van der Waals surface area contributed by atoms with Crippen LogP contribution in [0.3, 0.4) is 0 Å². The van der Waals surface area contributed by atoms with Crippen LogP contribution in [0.1, 0.15) is 15.9 Å². The number of methoxy groups -OCH3 is 2. The molecule has 0 aliphatic carbocycles. The number of ether oxygens (including phenoxy) is 2. The van der Waals surface area contributed by atoms with Crippen molar-refractivity contribution < 1.29 is 19.1 Å². The lowest BCUT2D eigenvalue weighted by Gasteiger charge is -2.06. The number of aromatic amines is 1.